The van der Waals surface area contributed by atoms with E-state index in [2.05, 4.69) is 11.7 Å². The minimum Gasteiger partial charge on any atom is -0.469 e. The molecule has 0 N–H and O–H groups in total. The van der Waals surface area contributed by atoms with Crippen LogP contribution in [0.3, 0.4) is 0 Å². The van der Waals surface area contributed by atoms with E-state index in [9.17, 15) is 4.79 Å². The van der Waals surface area contributed by atoms with Gasteiger partial charge in [0.2, 0.25) is 0 Å². The van der Waals surface area contributed by atoms with E-state index in [0.717, 1.165) is 12.8 Å². The summed E-state index contributed by atoms with van der Waals surface area (Å²) in [6.07, 6.45) is 6.49. The molecule has 0 fully saturated rings. The smallest absolute Gasteiger partial charge is 0.305 e. The molecule has 0 radical (unpaired) electrons. The Labute approximate surface area is 103 Å². The maximum absolute atomic E-state index is 10.6. The molecule has 0 bridgehead atoms. The maximum atomic E-state index is 10.6. The minimum atomic E-state index is -0.0819. The van der Waals surface area contributed by atoms with Crippen molar-refractivity contribution >= 4 is 17.3 Å². The standard InChI is InChI=1S/C9H18O2.C4H4S/c1-3-4-5-6-7-8-9(10)11-2;1-2-4-5-3-1/h3-8H2,1-2H3;1-4H. The first-order chi connectivity index (χ1) is 7.81. The van der Waals surface area contributed by atoms with Gasteiger partial charge in [0.1, 0.15) is 0 Å². The van der Waals surface area contributed by atoms with Gasteiger partial charge in [-0.15, -0.1) is 0 Å². The van der Waals surface area contributed by atoms with Crippen molar-refractivity contribution < 1.29 is 9.53 Å². The quantitative estimate of drug-likeness (QED) is 0.550. The summed E-state index contributed by atoms with van der Waals surface area (Å²) in [6, 6.07) is 4.04. The van der Waals surface area contributed by atoms with Crippen molar-refractivity contribution in [1.82, 2.24) is 0 Å². The lowest BCUT2D eigenvalue weighted by molar-refractivity contribution is -0.140. The molecule has 3 heteroatoms. The van der Waals surface area contributed by atoms with Crippen LogP contribution in [0.4, 0.5) is 0 Å². The van der Waals surface area contributed by atoms with Crippen molar-refractivity contribution in [3.05, 3.63) is 22.9 Å². The molecule has 0 aliphatic rings. The second kappa shape index (κ2) is 12.2. The average molecular weight is 242 g/mol. The number of methoxy groups -OCH3 is 1. The van der Waals surface area contributed by atoms with Gasteiger partial charge in [-0.3, -0.25) is 4.79 Å². The van der Waals surface area contributed by atoms with Gasteiger partial charge in [-0.25, -0.2) is 0 Å². The van der Waals surface area contributed by atoms with Crippen LogP contribution in [0.1, 0.15) is 45.4 Å². The SMILES string of the molecule is CCCCCCCC(=O)OC.c1ccsc1. The first-order valence-electron chi connectivity index (χ1n) is 5.85. The predicted molar refractivity (Wildman–Crippen MR) is 69.7 cm³/mol. The summed E-state index contributed by atoms with van der Waals surface area (Å²) in [6.45, 7) is 2.18. The van der Waals surface area contributed by atoms with Crippen molar-refractivity contribution in [2.75, 3.05) is 7.11 Å². The molecule has 92 valence electrons. The molecule has 0 spiro atoms. The van der Waals surface area contributed by atoms with E-state index >= 15 is 0 Å². The van der Waals surface area contributed by atoms with Gasteiger partial charge in [-0.05, 0) is 17.2 Å². The summed E-state index contributed by atoms with van der Waals surface area (Å²) in [5.41, 5.74) is 0. The maximum Gasteiger partial charge on any atom is 0.305 e. The van der Waals surface area contributed by atoms with E-state index < -0.39 is 0 Å². The Morgan fingerprint density at radius 2 is 1.75 bits per heavy atom. The molecule has 1 aromatic rings. The van der Waals surface area contributed by atoms with Crippen molar-refractivity contribution in [1.29, 1.82) is 0 Å². The highest BCUT2D eigenvalue weighted by atomic mass is 32.1. The predicted octanol–water partition coefficient (Wildman–Crippen LogP) is 4.27. The molecule has 1 aromatic heterocycles. The van der Waals surface area contributed by atoms with E-state index in [0.29, 0.717) is 6.42 Å². The Morgan fingerprint density at radius 3 is 2.19 bits per heavy atom. The Bertz CT molecular complexity index is 215. The van der Waals surface area contributed by atoms with E-state index in [4.69, 9.17) is 0 Å². The largest absolute Gasteiger partial charge is 0.469 e. The van der Waals surface area contributed by atoms with Gasteiger partial charge in [-0.1, -0.05) is 44.7 Å². The number of hydrogen-bond donors (Lipinski definition) is 0. The highest BCUT2D eigenvalue weighted by molar-refractivity contribution is 7.07. The lowest BCUT2D eigenvalue weighted by atomic mass is 10.1. The number of carbonyl (C=O) groups excluding carboxylic acids is 1. The highest BCUT2D eigenvalue weighted by Gasteiger charge is 1.97. The number of hydrogen-bond acceptors (Lipinski definition) is 3. The fourth-order valence-electron chi connectivity index (χ4n) is 1.20. The van der Waals surface area contributed by atoms with Crippen molar-refractivity contribution in [2.45, 2.75) is 45.4 Å². The number of rotatable bonds is 6. The summed E-state index contributed by atoms with van der Waals surface area (Å²) >= 11 is 1.71. The lowest BCUT2D eigenvalue weighted by Crippen LogP contribution is -1.98. The molecule has 16 heavy (non-hydrogen) atoms. The number of unbranched alkanes of at least 4 members (excludes halogenated alkanes) is 4. The molecule has 0 aromatic carbocycles. The third-order valence-electron chi connectivity index (χ3n) is 2.14. The highest BCUT2D eigenvalue weighted by Crippen LogP contribution is 2.04. The zero-order valence-corrected chi connectivity index (χ0v) is 11.1. The van der Waals surface area contributed by atoms with Crippen LogP contribution in [-0.4, -0.2) is 13.1 Å². The van der Waals surface area contributed by atoms with Crippen LogP contribution in [-0.2, 0) is 9.53 Å². The summed E-state index contributed by atoms with van der Waals surface area (Å²) in [7, 11) is 1.44. The lowest BCUT2D eigenvalue weighted by Gasteiger charge is -1.98. The average Bonchev–Trinajstić information content (AvgIpc) is 2.87. The topological polar surface area (TPSA) is 26.3 Å². The molecule has 2 nitrogen and oxygen atoms in total. The molecule has 0 aliphatic heterocycles. The first kappa shape index (κ1) is 15.2. The van der Waals surface area contributed by atoms with Gasteiger partial charge in [0.15, 0.2) is 0 Å². The van der Waals surface area contributed by atoms with Crippen LogP contribution >= 0.6 is 11.3 Å². The third kappa shape index (κ3) is 11.2. The number of ether oxygens (including phenoxy) is 1. The van der Waals surface area contributed by atoms with E-state index in [-0.39, 0.29) is 5.97 Å². The number of carbonyl (C=O) groups is 1. The Morgan fingerprint density at radius 1 is 1.12 bits per heavy atom. The summed E-state index contributed by atoms with van der Waals surface area (Å²) < 4.78 is 4.52. The molecular formula is C13H22O2S. The molecule has 0 saturated carbocycles. The second-order valence-corrected chi connectivity index (χ2v) is 4.35. The fourth-order valence-corrected chi connectivity index (χ4v) is 1.66. The third-order valence-corrected chi connectivity index (χ3v) is 2.77. The molecule has 1 heterocycles. The normalized spacial score (nSPS) is 9.12. The molecular weight excluding hydrogens is 220 g/mol. The Hall–Kier alpha value is -0.830. The van der Waals surface area contributed by atoms with Crippen molar-refractivity contribution in [3.8, 4) is 0 Å². The van der Waals surface area contributed by atoms with E-state index in [1.54, 1.807) is 11.3 Å². The van der Waals surface area contributed by atoms with E-state index in [1.165, 1.54) is 26.4 Å². The number of thiophene rings is 1. The van der Waals surface area contributed by atoms with Gasteiger partial charge in [0, 0.05) is 6.42 Å². The second-order valence-electron chi connectivity index (χ2n) is 3.53. The van der Waals surface area contributed by atoms with Gasteiger partial charge < -0.3 is 4.74 Å². The van der Waals surface area contributed by atoms with Crippen molar-refractivity contribution in [2.24, 2.45) is 0 Å². The van der Waals surface area contributed by atoms with Crippen LogP contribution in [0.5, 0.6) is 0 Å². The molecule has 0 amide bonds. The molecule has 0 atom stereocenters. The fraction of sp³-hybridized carbons (Fsp3) is 0.615. The van der Waals surface area contributed by atoms with Gasteiger partial charge in [-0.2, -0.15) is 11.3 Å². The Kier molecular flexibility index (Phi) is 11.6. The minimum absolute atomic E-state index is 0.0819. The summed E-state index contributed by atoms with van der Waals surface area (Å²) in [5.74, 6) is -0.0819. The van der Waals surface area contributed by atoms with Gasteiger partial charge in [0.25, 0.3) is 0 Å². The van der Waals surface area contributed by atoms with Crippen LogP contribution < -0.4 is 0 Å². The van der Waals surface area contributed by atoms with Crippen LogP contribution in [0.2, 0.25) is 0 Å². The number of esters is 1. The van der Waals surface area contributed by atoms with Crippen LogP contribution in [0.25, 0.3) is 0 Å². The monoisotopic (exact) mass is 242 g/mol. The Balaban J connectivity index is 0.000000368. The summed E-state index contributed by atoms with van der Waals surface area (Å²) in [5, 5.41) is 4.08. The summed E-state index contributed by atoms with van der Waals surface area (Å²) in [4.78, 5) is 10.6. The molecule has 1 rings (SSSR count). The van der Waals surface area contributed by atoms with Crippen LogP contribution in [0, 0.1) is 0 Å². The van der Waals surface area contributed by atoms with Gasteiger partial charge >= 0.3 is 5.97 Å². The van der Waals surface area contributed by atoms with E-state index in [1.807, 2.05) is 22.9 Å². The molecule has 0 unspecified atom stereocenters. The van der Waals surface area contributed by atoms with Crippen molar-refractivity contribution in [3.63, 3.8) is 0 Å². The zero-order valence-electron chi connectivity index (χ0n) is 10.3. The molecule has 0 aliphatic carbocycles. The van der Waals surface area contributed by atoms with Gasteiger partial charge in [0.05, 0.1) is 7.11 Å². The zero-order chi connectivity index (χ0) is 12.1. The van der Waals surface area contributed by atoms with Crippen LogP contribution in [0.15, 0.2) is 22.9 Å². The first-order valence-corrected chi connectivity index (χ1v) is 6.79. The molecule has 0 saturated heterocycles.